The molecule has 1 fully saturated rings. The molecule has 0 unspecified atom stereocenters. The van der Waals surface area contributed by atoms with Crippen molar-refractivity contribution in [1.82, 2.24) is 15.1 Å². The van der Waals surface area contributed by atoms with Gasteiger partial charge in [-0.05, 0) is 25.0 Å². The fourth-order valence-electron chi connectivity index (χ4n) is 2.67. The highest BCUT2D eigenvalue weighted by Crippen LogP contribution is 2.29. The molecule has 100 valence electrons. The topological polar surface area (TPSA) is 77.8 Å². The van der Waals surface area contributed by atoms with Crippen LogP contribution in [0.4, 0.5) is 0 Å². The molecule has 5 nitrogen and oxygen atoms in total. The highest BCUT2D eigenvalue weighted by molar-refractivity contribution is 5.51. The van der Waals surface area contributed by atoms with E-state index in [9.17, 15) is 0 Å². The van der Waals surface area contributed by atoms with Gasteiger partial charge in [0.2, 0.25) is 11.7 Å². The van der Waals surface area contributed by atoms with Crippen molar-refractivity contribution in [3.8, 4) is 11.4 Å². The molecule has 2 heterocycles. The molecule has 0 aromatic carbocycles. The van der Waals surface area contributed by atoms with Gasteiger partial charge in [-0.15, -0.1) is 0 Å². The summed E-state index contributed by atoms with van der Waals surface area (Å²) in [6.45, 7) is 0. The monoisotopic (exact) mass is 258 g/mol. The van der Waals surface area contributed by atoms with Crippen LogP contribution in [0.1, 0.15) is 38.0 Å². The number of nitrogens with zero attached hydrogens (tertiary/aromatic N) is 3. The summed E-state index contributed by atoms with van der Waals surface area (Å²) in [5, 5.41) is 4.00. The van der Waals surface area contributed by atoms with E-state index in [1.807, 2.05) is 12.1 Å². The molecule has 0 spiro atoms. The van der Waals surface area contributed by atoms with Crippen LogP contribution in [-0.4, -0.2) is 20.7 Å². The Hall–Kier alpha value is -1.75. The van der Waals surface area contributed by atoms with Gasteiger partial charge in [0.25, 0.3) is 0 Å². The Labute approximate surface area is 112 Å². The Bertz CT molecular complexity index is 531. The third kappa shape index (κ3) is 2.81. The lowest BCUT2D eigenvalue weighted by atomic mass is 9.80. The third-order valence-corrected chi connectivity index (χ3v) is 3.74. The zero-order valence-corrected chi connectivity index (χ0v) is 10.9. The predicted octanol–water partition coefficient (Wildman–Crippen LogP) is 2.34. The van der Waals surface area contributed by atoms with Gasteiger partial charge in [-0.1, -0.05) is 24.4 Å². The number of rotatable bonds is 3. The second-order valence-corrected chi connectivity index (χ2v) is 5.35. The van der Waals surface area contributed by atoms with Crippen molar-refractivity contribution in [1.29, 1.82) is 0 Å². The molecule has 19 heavy (non-hydrogen) atoms. The predicted molar refractivity (Wildman–Crippen MR) is 71.2 cm³/mol. The SMILES string of the molecule is NC1(Cc2nc(-c3cccnc3)no2)CCCCC1. The molecule has 0 radical (unpaired) electrons. The van der Waals surface area contributed by atoms with Crippen LogP contribution in [-0.2, 0) is 6.42 Å². The fourth-order valence-corrected chi connectivity index (χ4v) is 2.67. The maximum absolute atomic E-state index is 6.40. The van der Waals surface area contributed by atoms with Gasteiger partial charge < -0.3 is 10.3 Å². The van der Waals surface area contributed by atoms with Crippen LogP contribution in [0.5, 0.6) is 0 Å². The maximum Gasteiger partial charge on any atom is 0.228 e. The minimum atomic E-state index is -0.170. The number of pyridine rings is 1. The van der Waals surface area contributed by atoms with Gasteiger partial charge >= 0.3 is 0 Å². The summed E-state index contributed by atoms with van der Waals surface area (Å²) >= 11 is 0. The van der Waals surface area contributed by atoms with Crippen molar-refractivity contribution >= 4 is 0 Å². The van der Waals surface area contributed by atoms with Gasteiger partial charge in [0.05, 0.1) is 0 Å². The molecule has 0 amide bonds. The summed E-state index contributed by atoms with van der Waals surface area (Å²) in [7, 11) is 0. The summed E-state index contributed by atoms with van der Waals surface area (Å²) in [5.41, 5.74) is 7.10. The van der Waals surface area contributed by atoms with E-state index in [0.29, 0.717) is 18.1 Å². The second kappa shape index (κ2) is 5.09. The molecule has 1 aliphatic carbocycles. The molecular formula is C14H18N4O. The number of hydrogen-bond acceptors (Lipinski definition) is 5. The first-order valence-electron chi connectivity index (χ1n) is 6.77. The van der Waals surface area contributed by atoms with Crippen LogP contribution in [0, 0.1) is 0 Å². The normalized spacial score (nSPS) is 18.4. The van der Waals surface area contributed by atoms with Gasteiger partial charge in [-0.25, -0.2) is 0 Å². The first-order valence-corrected chi connectivity index (χ1v) is 6.77. The third-order valence-electron chi connectivity index (χ3n) is 3.74. The minimum absolute atomic E-state index is 0.170. The molecule has 5 heteroatoms. The van der Waals surface area contributed by atoms with E-state index >= 15 is 0 Å². The summed E-state index contributed by atoms with van der Waals surface area (Å²) in [5.74, 6) is 1.21. The van der Waals surface area contributed by atoms with Crippen molar-refractivity contribution in [2.45, 2.75) is 44.1 Å². The molecule has 0 aliphatic heterocycles. The van der Waals surface area contributed by atoms with Crippen molar-refractivity contribution in [3.05, 3.63) is 30.4 Å². The molecule has 1 aliphatic rings. The van der Waals surface area contributed by atoms with E-state index in [1.165, 1.54) is 19.3 Å². The standard InChI is InChI=1S/C14H18N4O/c15-14(6-2-1-3-7-14)9-12-17-13(18-19-12)11-5-4-8-16-10-11/h4-5,8,10H,1-3,6-7,9,15H2. The average Bonchev–Trinajstić information content (AvgIpc) is 2.88. The van der Waals surface area contributed by atoms with E-state index in [4.69, 9.17) is 10.3 Å². The van der Waals surface area contributed by atoms with Gasteiger partial charge in [-0.2, -0.15) is 4.98 Å². The lowest BCUT2D eigenvalue weighted by Crippen LogP contribution is -2.43. The largest absolute Gasteiger partial charge is 0.339 e. The van der Waals surface area contributed by atoms with Crippen LogP contribution in [0.25, 0.3) is 11.4 Å². The van der Waals surface area contributed by atoms with Crippen LogP contribution in [0.15, 0.2) is 29.0 Å². The van der Waals surface area contributed by atoms with E-state index in [2.05, 4.69) is 15.1 Å². The summed E-state index contributed by atoms with van der Waals surface area (Å²) in [4.78, 5) is 8.48. The highest BCUT2D eigenvalue weighted by Gasteiger charge is 2.30. The molecule has 3 rings (SSSR count). The summed E-state index contributed by atoms with van der Waals surface area (Å²) in [6.07, 6.45) is 9.87. The molecule has 2 N–H and O–H groups in total. The van der Waals surface area contributed by atoms with E-state index < -0.39 is 0 Å². The quantitative estimate of drug-likeness (QED) is 0.914. The Kier molecular flexibility index (Phi) is 3.29. The zero-order valence-electron chi connectivity index (χ0n) is 10.9. The molecule has 0 atom stereocenters. The molecule has 2 aromatic heterocycles. The van der Waals surface area contributed by atoms with Gasteiger partial charge in [0.15, 0.2) is 0 Å². The van der Waals surface area contributed by atoms with Gasteiger partial charge in [0.1, 0.15) is 0 Å². The summed E-state index contributed by atoms with van der Waals surface area (Å²) in [6, 6.07) is 3.78. The number of aromatic nitrogens is 3. The van der Waals surface area contributed by atoms with E-state index in [0.717, 1.165) is 18.4 Å². The van der Waals surface area contributed by atoms with Crippen LogP contribution in [0.3, 0.4) is 0 Å². The molecule has 0 saturated heterocycles. The Morgan fingerprint density at radius 3 is 2.84 bits per heavy atom. The summed E-state index contributed by atoms with van der Waals surface area (Å²) < 4.78 is 5.32. The number of hydrogen-bond donors (Lipinski definition) is 1. The highest BCUT2D eigenvalue weighted by atomic mass is 16.5. The minimum Gasteiger partial charge on any atom is -0.339 e. The molecule has 2 aromatic rings. The average molecular weight is 258 g/mol. The molecular weight excluding hydrogens is 240 g/mol. The van der Waals surface area contributed by atoms with Crippen molar-refractivity contribution in [2.75, 3.05) is 0 Å². The lowest BCUT2D eigenvalue weighted by molar-refractivity contribution is 0.261. The van der Waals surface area contributed by atoms with Gasteiger partial charge in [-0.3, -0.25) is 4.98 Å². The first kappa shape index (κ1) is 12.3. The van der Waals surface area contributed by atoms with Crippen LogP contribution >= 0.6 is 0 Å². The van der Waals surface area contributed by atoms with Crippen molar-refractivity contribution < 1.29 is 4.52 Å². The first-order chi connectivity index (χ1) is 9.25. The smallest absolute Gasteiger partial charge is 0.228 e. The number of nitrogens with two attached hydrogens (primary N) is 1. The lowest BCUT2D eigenvalue weighted by Gasteiger charge is -2.31. The Morgan fingerprint density at radius 1 is 1.26 bits per heavy atom. The Balaban J connectivity index is 1.75. The zero-order chi connectivity index (χ0) is 13.1. The molecule has 1 saturated carbocycles. The molecule has 0 bridgehead atoms. The van der Waals surface area contributed by atoms with E-state index in [1.54, 1.807) is 12.4 Å². The van der Waals surface area contributed by atoms with Crippen molar-refractivity contribution in [3.63, 3.8) is 0 Å². The van der Waals surface area contributed by atoms with Gasteiger partial charge in [0, 0.05) is 29.9 Å². The Morgan fingerprint density at radius 2 is 2.11 bits per heavy atom. The van der Waals surface area contributed by atoms with Crippen LogP contribution < -0.4 is 5.73 Å². The van der Waals surface area contributed by atoms with E-state index in [-0.39, 0.29) is 5.54 Å². The fraction of sp³-hybridized carbons (Fsp3) is 0.500. The van der Waals surface area contributed by atoms with Crippen molar-refractivity contribution in [2.24, 2.45) is 5.73 Å². The second-order valence-electron chi connectivity index (χ2n) is 5.35. The van der Waals surface area contributed by atoms with Crippen LogP contribution in [0.2, 0.25) is 0 Å². The maximum atomic E-state index is 6.40.